The van der Waals surface area contributed by atoms with Gasteiger partial charge in [-0.1, -0.05) is 29.6 Å². The average molecular weight is 443 g/mol. The van der Waals surface area contributed by atoms with Gasteiger partial charge >= 0.3 is 29.6 Å². The molecule has 0 bridgehead atoms. The number of hydrogen-bond acceptors (Lipinski definition) is 5. The Balaban J connectivity index is 0.00000392. The molecule has 0 spiro atoms. The van der Waals surface area contributed by atoms with Crippen molar-refractivity contribution in [2.75, 3.05) is 6.61 Å². The zero-order chi connectivity index (χ0) is 20.0. The Bertz CT molecular complexity index is 706. The minimum Gasteiger partial charge on any atom is -0.550 e. The van der Waals surface area contributed by atoms with Crippen LogP contribution in [0.25, 0.3) is 5.83 Å². The molecule has 1 unspecified atom stereocenters. The van der Waals surface area contributed by atoms with E-state index >= 15 is 4.39 Å². The maximum absolute atomic E-state index is 15.0. The first kappa shape index (κ1) is 25.7. The summed E-state index contributed by atoms with van der Waals surface area (Å²) in [6.45, 7) is -0.291. The van der Waals surface area contributed by atoms with E-state index in [9.17, 15) is 20.1 Å². The molecule has 2 rings (SSSR count). The first-order valence-electron chi connectivity index (χ1n) is 8.83. The van der Waals surface area contributed by atoms with Crippen LogP contribution in [0.2, 0.25) is 10.0 Å². The van der Waals surface area contributed by atoms with Crippen LogP contribution in [-0.4, -0.2) is 35.0 Å². The largest absolute Gasteiger partial charge is 1.00 e. The van der Waals surface area contributed by atoms with Gasteiger partial charge in [-0.25, -0.2) is 4.39 Å². The van der Waals surface area contributed by atoms with Crippen molar-refractivity contribution in [3.63, 3.8) is 0 Å². The minimum atomic E-state index is -1.42. The Kier molecular flexibility index (Phi) is 11.4. The zero-order valence-electron chi connectivity index (χ0n) is 15.7. The van der Waals surface area contributed by atoms with Gasteiger partial charge in [0.1, 0.15) is 18.2 Å². The fourth-order valence-corrected chi connectivity index (χ4v) is 3.64. The number of carboxylic acids is 1. The summed E-state index contributed by atoms with van der Waals surface area (Å²) < 4.78 is 20.5. The molecule has 2 N–H and O–H groups in total. The second kappa shape index (κ2) is 12.4. The van der Waals surface area contributed by atoms with Crippen LogP contribution in [0, 0.1) is 0 Å². The van der Waals surface area contributed by atoms with E-state index in [0.717, 1.165) is 19.3 Å². The summed E-state index contributed by atoms with van der Waals surface area (Å²) in [6.07, 6.45) is 0.977. The van der Waals surface area contributed by atoms with Crippen LogP contribution in [-0.2, 0) is 4.79 Å². The number of halogens is 3. The molecule has 0 amide bonds. The predicted octanol–water partition coefficient (Wildman–Crippen LogP) is 0.273. The number of aliphatic hydroxyl groups excluding tert-OH is 2. The molecule has 5 nitrogen and oxygen atoms in total. The van der Waals surface area contributed by atoms with Crippen LogP contribution in [0.3, 0.4) is 0 Å². The Morgan fingerprint density at radius 1 is 1.18 bits per heavy atom. The molecule has 1 aromatic carbocycles. The average Bonchev–Trinajstić information content (AvgIpc) is 2.59. The number of allylic oxidation sites excluding steroid dienone is 1. The van der Waals surface area contributed by atoms with Gasteiger partial charge in [0, 0.05) is 23.8 Å². The van der Waals surface area contributed by atoms with E-state index in [1.54, 1.807) is 0 Å². The van der Waals surface area contributed by atoms with Gasteiger partial charge in [-0.3, -0.25) is 0 Å². The van der Waals surface area contributed by atoms with E-state index in [-0.39, 0.29) is 63.9 Å². The van der Waals surface area contributed by atoms with E-state index in [0.29, 0.717) is 18.4 Å². The van der Waals surface area contributed by atoms with E-state index in [1.165, 1.54) is 12.1 Å². The summed E-state index contributed by atoms with van der Waals surface area (Å²) >= 11 is 12.2. The van der Waals surface area contributed by atoms with Crippen molar-refractivity contribution >= 4 is 35.0 Å². The molecule has 0 radical (unpaired) electrons. The molecule has 1 aliphatic carbocycles. The maximum atomic E-state index is 15.0. The summed E-state index contributed by atoms with van der Waals surface area (Å²) in [5, 5.41) is 30.3. The number of carboxylic acid groups (broad SMARTS) is 1. The van der Waals surface area contributed by atoms with Crippen LogP contribution >= 0.6 is 23.2 Å². The number of rotatable bonds is 8. The summed E-state index contributed by atoms with van der Waals surface area (Å²) in [6, 6.07) is 2.84. The number of ether oxygens (including phenoxy) is 1. The smallest absolute Gasteiger partial charge is 0.550 e. The Morgan fingerprint density at radius 2 is 1.82 bits per heavy atom. The topological polar surface area (TPSA) is 89.8 Å². The molecule has 1 aliphatic rings. The van der Waals surface area contributed by atoms with Crippen LogP contribution in [0.15, 0.2) is 17.7 Å². The molecule has 0 saturated heterocycles. The standard InChI is InChI=1S/C19H23Cl2FO5.Na/c20-12-6-15(18(22)11-4-2-1-3-5-11)19(16(21)7-12)27-10-14(24)8-13(23)9-17(25)26;/h6-7,13-14,23-24H,1-5,8-10H2,(H,25,26);/q;+1/p-1/t13-,14?;/m1./s1. The second-order valence-electron chi connectivity index (χ2n) is 6.67. The van der Waals surface area contributed by atoms with Crippen molar-refractivity contribution < 1.29 is 58.8 Å². The van der Waals surface area contributed by atoms with Crippen LogP contribution in [0.4, 0.5) is 4.39 Å². The zero-order valence-corrected chi connectivity index (χ0v) is 19.2. The molecule has 0 aliphatic heterocycles. The second-order valence-corrected chi connectivity index (χ2v) is 7.52. The summed E-state index contributed by atoms with van der Waals surface area (Å²) in [7, 11) is 0. The SMILES string of the molecule is O=C([O-])C[C@H](O)CC(O)COc1c(Cl)cc(Cl)cc1C(F)=C1CCCCC1.[Na+]. The molecular formula is C19H22Cl2FNaO5. The van der Waals surface area contributed by atoms with Crippen molar-refractivity contribution in [1.29, 1.82) is 0 Å². The fourth-order valence-electron chi connectivity index (χ4n) is 3.10. The number of hydrogen-bond donors (Lipinski definition) is 2. The Labute approximate surface area is 195 Å². The molecule has 1 fully saturated rings. The van der Waals surface area contributed by atoms with Crippen LogP contribution < -0.4 is 39.4 Å². The van der Waals surface area contributed by atoms with Crippen LogP contribution in [0.1, 0.15) is 50.5 Å². The molecule has 0 aromatic heterocycles. The predicted molar refractivity (Wildman–Crippen MR) is 99.3 cm³/mol. The molecule has 1 aromatic rings. The van der Waals surface area contributed by atoms with Crippen molar-refractivity contribution in [3.05, 3.63) is 33.3 Å². The molecule has 150 valence electrons. The van der Waals surface area contributed by atoms with Gasteiger partial charge in [0.2, 0.25) is 0 Å². The Morgan fingerprint density at radius 3 is 2.43 bits per heavy atom. The van der Waals surface area contributed by atoms with E-state index in [1.807, 2.05) is 0 Å². The van der Waals surface area contributed by atoms with Gasteiger partial charge in [-0.05, 0) is 43.4 Å². The van der Waals surface area contributed by atoms with Gasteiger partial charge in [0.15, 0.2) is 0 Å². The summed E-state index contributed by atoms with van der Waals surface area (Å²) in [5.41, 5.74) is 0.821. The van der Waals surface area contributed by atoms with E-state index in [2.05, 4.69) is 0 Å². The van der Waals surface area contributed by atoms with Crippen molar-refractivity contribution in [2.24, 2.45) is 0 Å². The molecule has 28 heavy (non-hydrogen) atoms. The van der Waals surface area contributed by atoms with Crippen LogP contribution in [0.5, 0.6) is 5.75 Å². The third-order valence-corrected chi connectivity index (χ3v) is 4.88. The van der Waals surface area contributed by atoms with Gasteiger partial charge in [0.05, 0.1) is 22.8 Å². The maximum Gasteiger partial charge on any atom is 1.00 e. The first-order valence-corrected chi connectivity index (χ1v) is 9.59. The van der Waals surface area contributed by atoms with Crippen molar-refractivity contribution in [3.8, 4) is 5.75 Å². The van der Waals surface area contributed by atoms with Crippen molar-refractivity contribution in [1.82, 2.24) is 0 Å². The summed E-state index contributed by atoms with van der Waals surface area (Å²) in [4.78, 5) is 10.5. The third kappa shape index (κ3) is 7.82. The number of aliphatic hydroxyl groups is 2. The van der Waals surface area contributed by atoms with Gasteiger partial charge in [-0.15, -0.1) is 0 Å². The minimum absolute atomic E-state index is 0. The fraction of sp³-hybridized carbons (Fsp3) is 0.526. The molecule has 1 saturated carbocycles. The van der Waals surface area contributed by atoms with Crippen molar-refractivity contribution in [2.45, 2.75) is 57.2 Å². The normalized spacial score (nSPS) is 16.1. The van der Waals surface area contributed by atoms with Gasteiger partial charge in [0.25, 0.3) is 0 Å². The molecule has 9 heteroatoms. The number of carbonyl (C=O) groups excluding carboxylic acids is 1. The number of aliphatic carboxylic acids is 1. The number of carbonyl (C=O) groups is 1. The Hall–Kier alpha value is -0.340. The molecule has 0 heterocycles. The van der Waals surface area contributed by atoms with E-state index in [4.69, 9.17) is 27.9 Å². The van der Waals surface area contributed by atoms with Gasteiger partial charge in [-0.2, -0.15) is 0 Å². The molecule has 2 atom stereocenters. The van der Waals surface area contributed by atoms with E-state index < -0.39 is 30.4 Å². The summed E-state index contributed by atoms with van der Waals surface area (Å²) in [5.74, 6) is -1.77. The quantitative estimate of drug-likeness (QED) is 0.564. The molecular weight excluding hydrogens is 421 g/mol. The first-order chi connectivity index (χ1) is 12.8. The third-order valence-electron chi connectivity index (χ3n) is 4.38. The monoisotopic (exact) mass is 442 g/mol. The van der Waals surface area contributed by atoms with Gasteiger partial charge < -0.3 is 24.9 Å². The number of benzene rings is 1.